The summed E-state index contributed by atoms with van der Waals surface area (Å²) in [7, 11) is 5.62. The fourth-order valence-electron chi connectivity index (χ4n) is 5.69. The van der Waals surface area contributed by atoms with Gasteiger partial charge in [0.25, 0.3) is 5.91 Å². The second-order valence-electron chi connectivity index (χ2n) is 9.97. The number of nitrogens with zero attached hydrogens (tertiary/aromatic N) is 3. The summed E-state index contributed by atoms with van der Waals surface area (Å²) in [6.45, 7) is 4.15. The lowest BCUT2D eigenvalue weighted by Gasteiger charge is -2.37. The quantitative estimate of drug-likeness (QED) is 0.346. The third-order valence-electron chi connectivity index (χ3n) is 7.64. The van der Waals surface area contributed by atoms with Crippen molar-refractivity contribution in [1.29, 1.82) is 0 Å². The summed E-state index contributed by atoms with van der Waals surface area (Å²) in [6.07, 6.45) is 0.790. The van der Waals surface area contributed by atoms with Gasteiger partial charge in [-0.15, -0.1) is 0 Å². The van der Waals surface area contributed by atoms with E-state index >= 15 is 0 Å². The molecule has 2 amide bonds. The predicted octanol–water partition coefficient (Wildman–Crippen LogP) is 5.89. The summed E-state index contributed by atoms with van der Waals surface area (Å²) in [5.74, 6) is -0.129. The van der Waals surface area contributed by atoms with E-state index in [2.05, 4.69) is 49.7 Å². The van der Waals surface area contributed by atoms with Gasteiger partial charge in [0, 0.05) is 43.2 Å². The van der Waals surface area contributed by atoms with E-state index in [1.54, 1.807) is 19.0 Å². The van der Waals surface area contributed by atoms with Crippen molar-refractivity contribution in [3.63, 3.8) is 0 Å². The number of amides is 2. The van der Waals surface area contributed by atoms with Crippen LogP contribution >= 0.6 is 0 Å². The van der Waals surface area contributed by atoms with Gasteiger partial charge in [-0.1, -0.05) is 87.0 Å². The Kier molecular flexibility index (Phi) is 6.17. The fourth-order valence-corrected chi connectivity index (χ4v) is 5.69. The first-order valence-electron chi connectivity index (χ1n) is 12.6. The summed E-state index contributed by atoms with van der Waals surface area (Å²) in [6, 6.07) is 25.6. The highest BCUT2D eigenvalue weighted by molar-refractivity contribution is 6.04. The van der Waals surface area contributed by atoms with Gasteiger partial charge in [-0.25, -0.2) is 0 Å². The van der Waals surface area contributed by atoms with E-state index in [-0.39, 0.29) is 23.8 Å². The topological polar surface area (TPSA) is 45.6 Å². The molecule has 0 fully saturated rings. The van der Waals surface area contributed by atoms with Gasteiger partial charge in [0.05, 0.1) is 11.7 Å². The molecule has 5 nitrogen and oxygen atoms in total. The molecule has 4 aromatic rings. The molecule has 0 saturated carbocycles. The van der Waals surface area contributed by atoms with Gasteiger partial charge >= 0.3 is 0 Å². The number of carbonyl (C=O) groups is 2. The van der Waals surface area contributed by atoms with Crippen LogP contribution < -0.4 is 0 Å². The molecule has 0 saturated heterocycles. The molecule has 5 heteroatoms. The van der Waals surface area contributed by atoms with Crippen molar-refractivity contribution in [3.05, 3.63) is 95.6 Å². The number of rotatable bonds is 6. The van der Waals surface area contributed by atoms with Crippen molar-refractivity contribution in [2.75, 3.05) is 14.1 Å². The van der Waals surface area contributed by atoms with Gasteiger partial charge in [-0.2, -0.15) is 0 Å². The highest BCUT2D eigenvalue weighted by atomic mass is 16.2. The monoisotopic (exact) mass is 479 g/mol. The second kappa shape index (κ2) is 9.30. The van der Waals surface area contributed by atoms with Crippen LogP contribution in [0.4, 0.5) is 0 Å². The van der Waals surface area contributed by atoms with E-state index in [0.717, 1.165) is 39.7 Å². The number of aryl methyl sites for hydroxylation is 1. The Morgan fingerprint density at radius 1 is 0.944 bits per heavy atom. The van der Waals surface area contributed by atoms with Crippen LogP contribution in [0.5, 0.6) is 0 Å². The zero-order chi connectivity index (χ0) is 25.6. The van der Waals surface area contributed by atoms with Crippen LogP contribution in [0.1, 0.15) is 47.8 Å². The van der Waals surface area contributed by atoms with Crippen LogP contribution in [0.2, 0.25) is 0 Å². The van der Waals surface area contributed by atoms with Crippen LogP contribution in [-0.2, 0) is 11.8 Å². The SMILES string of the molecule is CCC(C)C(C(=O)N(C)C)N1C(=O)c2ccccc2C1c1c(-c2ccccc2)n(C)c2ccccc12. The van der Waals surface area contributed by atoms with Gasteiger partial charge in [-0.05, 0) is 29.2 Å². The van der Waals surface area contributed by atoms with E-state index in [4.69, 9.17) is 0 Å². The fraction of sp³-hybridized carbons (Fsp3) is 0.290. The van der Waals surface area contributed by atoms with Crippen LogP contribution in [0.25, 0.3) is 22.2 Å². The number of fused-ring (bicyclic) bond motifs is 2. The standard InChI is InChI=1S/C31H33N3O2/c1-6-20(2)27(31(36)32(3)4)34-29(22-16-10-11-17-23(22)30(34)35)26-24-18-12-13-19-25(24)33(5)28(26)21-14-8-7-9-15-21/h7-20,27,29H,6H2,1-5H3. The zero-order valence-electron chi connectivity index (χ0n) is 21.6. The first kappa shape index (κ1) is 23.9. The third-order valence-corrected chi connectivity index (χ3v) is 7.64. The number of carbonyl (C=O) groups excluding carboxylic acids is 2. The van der Waals surface area contributed by atoms with Crippen LogP contribution in [0.15, 0.2) is 78.9 Å². The first-order chi connectivity index (χ1) is 17.4. The van der Waals surface area contributed by atoms with Gasteiger partial charge in [0.2, 0.25) is 5.91 Å². The minimum absolute atomic E-state index is 0.00388. The molecule has 1 aliphatic rings. The van der Waals surface area contributed by atoms with Crippen LogP contribution in [0.3, 0.4) is 0 Å². The molecular formula is C31H33N3O2. The average Bonchev–Trinajstić information content (AvgIpc) is 3.35. The van der Waals surface area contributed by atoms with Crippen molar-refractivity contribution in [3.8, 4) is 11.3 Å². The molecule has 36 heavy (non-hydrogen) atoms. The smallest absolute Gasteiger partial charge is 0.255 e. The molecule has 1 aromatic heterocycles. The number of aromatic nitrogens is 1. The predicted molar refractivity (Wildman–Crippen MR) is 145 cm³/mol. The molecule has 3 aromatic carbocycles. The molecule has 1 aliphatic heterocycles. The highest BCUT2D eigenvalue weighted by Gasteiger charge is 2.47. The van der Waals surface area contributed by atoms with Crippen LogP contribution in [-0.4, -0.2) is 46.3 Å². The summed E-state index contributed by atoms with van der Waals surface area (Å²) < 4.78 is 2.22. The van der Waals surface area contributed by atoms with E-state index in [1.807, 2.05) is 59.5 Å². The number of benzene rings is 3. The van der Waals surface area contributed by atoms with Crippen molar-refractivity contribution in [2.45, 2.75) is 32.4 Å². The molecule has 0 radical (unpaired) electrons. The van der Waals surface area contributed by atoms with E-state index < -0.39 is 6.04 Å². The van der Waals surface area contributed by atoms with E-state index in [1.165, 1.54) is 0 Å². The Bertz CT molecular complexity index is 1440. The molecular weight excluding hydrogens is 446 g/mol. The lowest BCUT2D eigenvalue weighted by atomic mass is 9.90. The number of likely N-dealkylation sites (N-methyl/N-ethyl adjacent to an activating group) is 1. The summed E-state index contributed by atoms with van der Waals surface area (Å²) in [4.78, 5) is 31.2. The molecule has 184 valence electrons. The average molecular weight is 480 g/mol. The number of para-hydroxylation sites is 1. The number of hydrogen-bond donors (Lipinski definition) is 0. The summed E-state index contributed by atoms with van der Waals surface area (Å²) in [5, 5.41) is 1.10. The Morgan fingerprint density at radius 2 is 1.58 bits per heavy atom. The largest absolute Gasteiger partial charge is 0.347 e. The zero-order valence-corrected chi connectivity index (χ0v) is 21.6. The Hall–Kier alpha value is -3.86. The lowest BCUT2D eigenvalue weighted by Crippen LogP contribution is -2.51. The summed E-state index contributed by atoms with van der Waals surface area (Å²) in [5.41, 5.74) is 5.95. The second-order valence-corrected chi connectivity index (χ2v) is 9.97. The first-order valence-corrected chi connectivity index (χ1v) is 12.6. The molecule has 0 spiro atoms. The molecule has 3 unspecified atom stereocenters. The van der Waals surface area contributed by atoms with Gasteiger partial charge < -0.3 is 14.4 Å². The van der Waals surface area contributed by atoms with Gasteiger partial charge in [0.15, 0.2) is 0 Å². The minimum Gasteiger partial charge on any atom is -0.347 e. The lowest BCUT2D eigenvalue weighted by molar-refractivity contribution is -0.135. The molecule has 0 N–H and O–H groups in total. The normalized spacial score (nSPS) is 16.8. The van der Waals surface area contributed by atoms with Crippen molar-refractivity contribution >= 4 is 22.7 Å². The van der Waals surface area contributed by atoms with Gasteiger partial charge in [0.1, 0.15) is 6.04 Å². The maximum atomic E-state index is 14.1. The minimum atomic E-state index is -0.572. The third kappa shape index (κ3) is 3.62. The van der Waals surface area contributed by atoms with Gasteiger partial charge in [-0.3, -0.25) is 9.59 Å². The van der Waals surface area contributed by atoms with Crippen molar-refractivity contribution in [1.82, 2.24) is 14.4 Å². The Balaban J connectivity index is 1.86. The van der Waals surface area contributed by atoms with Crippen molar-refractivity contribution in [2.24, 2.45) is 13.0 Å². The molecule has 0 aliphatic carbocycles. The maximum Gasteiger partial charge on any atom is 0.255 e. The molecule has 2 heterocycles. The molecule has 3 atom stereocenters. The van der Waals surface area contributed by atoms with E-state index in [9.17, 15) is 9.59 Å². The Labute approximate surface area is 212 Å². The number of hydrogen-bond acceptors (Lipinski definition) is 2. The summed E-state index contributed by atoms with van der Waals surface area (Å²) >= 11 is 0. The van der Waals surface area contributed by atoms with Crippen molar-refractivity contribution < 1.29 is 9.59 Å². The molecule has 5 rings (SSSR count). The highest BCUT2D eigenvalue weighted by Crippen LogP contribution is 2.48. The molecule has 0 bridgehead atoms. The maximum absolute atomic E-state index is 14.1. The Morgan fingerprint density at radius 3 is 2.28 bits per heavy atom. The van der Waals surface area contributed by atoms with Crippen LogP contribution in [0, 0.1) is 5.92 Å². The van der Waals surface area contributed by atoms with E-state index in [0.29, 0.717) is 5.56 Å².